The van der Waals surface area contributed by atoms with Crippen molar-refractivity contribution in [1.29, 1.82) is 0 Å². The number of rotatable bonds is 11. The van der Waals surface area contributed by atoms with E-state index in [1.165, 1.54) is 14.7 Å². The summed E-state index contributed by atoms with van der Waals surface area (Å²) in [5.41, 5.74) is 2.17. The highest BCUT2D eigenvalue weighted by atomic mass is 32.2. The Morgan fingerprint density at radius 3 is 1.44 bits per heavy atom. The minimum absolute atomic E-state index is 0.154. The summed E-state index contributed by atoms with van der Waals surface area (Å²) in [6.07, 6.45) is 8.92. The Morgan fingerprint density at radius 1 is 0.585 bits per heavy atom. The molecule has 3 aromatic carbocycles. The van der Waals surface area contributed by atoms with Crippen LogP contribution in [0.25, 0.3) is 0 Å². The van der Waals surface area contributed by atoms with Gasteiger partial charge in [0.15, 0.2) is 21.0 Å². The van der Waals surface area contributed by atoms with E-state index < -0.39 is 0 Å². The van der Waals surface area contributed by atoms with Crippen molar-refractivity contribution in [1.82, 2.24) is 9.97 Å². The molecule has 0 saturated carbocycles. The van der Waals surface area contributed by atoms with Gasteiger partial charge in [-0.05, 0) is 115 Å². The first-order valence-electron chi connectivity index (χ1n) is 13.7. The molecule has 0 spiro atoms. The van der Waals surface area contributed by atoms with Crippen LogP contribution in [0.5, 0.6) is 17.2 Å². The molecule has 206 valence electrons. The molecule has 5 aromatic rings. The van der Waals surface area contributed by atoms with E-state index >= 15 is 0 Å². The first-order chi connectivity index (χ1) is 20.3. The average molecular weight is 564 g/mol. The van der Waals surface area contributed by atoms with Gasteiger partial charge in [-0.3, -0.25) is 9.97 Å². The van der Waals surface area contributed by atoms with Crippen molar-refractivity contribution in [3.05, 3.63) is 133 Å². The van der Waals surface area contributed by atoms with E-state index in [4.69, 9.17) is 18.9 Å². The van der Waals surface area contributed by atoms with Gasteiger partial charge in [0.25, 0.3) is 0 Å². The average Bonchev–Trinajstić information content (AvgIpc) is 3.55. The van der Waals surface area contributed by atoms with Crippen molar-refractivity contribution >= 4 is 10.9 Å². The Hall–Kier alpha value is -4.33. The lowest BCUT2D eigenvalue weighted by Crippen LogP contribution is -2.14. The number of aromatic nitrogens is 2. The maximum absolute atomic E-state index is 6.02. The highest BCUT2D eigenvalue weighted by molar-refractivity contribution is 7.97. The van der Waals surface area contributed by atoms with Crippen molar-refractivity contribution in [2.24, 2.45) is 0 Å². The molecule has 1 atom stereocenters. The van der Waals surface area contributed by atoms with Gasteiger partial charge in [0.05, 0.1) is 17.5 Å². The zero-order valence-electron chi connectivity index (χ0n) is 22.6. The van der Waals surface area contributed by atoms with E-state index in [2.05, 4.69) is 46.4 Å². The molecule has 6 rings (SSSR count). The molecule has 0 aliphatic carbocycles. The summed E-state index contributed by atoms with van der Waals surface area (Å²) >= 11 is 0. The molecule has 7 heteroatoms. The second kappa shape index (κ2) is 13.4. The summed E-state index contributed by atoms with van der Waals surface area (Å²) in [7, 11) is -0.338. The van der Waals surface area contributed by atoms with Gasteiger partial charge < -0.3 is 18.9 Å². The first kappa shape index (κ1) is 26.9. The SMILES string of the molecule is c1cc(COc2ccc([S+](c3ccc(OCc4ccncc4)cc3)c3ccc(OC4CCCO4)cc3)cc2)ccn1. The third kappa shape index (κ3) is 7.25. The van der Waals surface area contributed by atoms with E-state index in [1.54, 1.807) is 24.8 Å². The molecule has 3 heterocycles. The van der Waals surface area contributed by atoms with E-state index in [0.717, 1.165) is 47.8 Å². The van der Waals surface area contributed by atoms with Gasteiger partial charge in [0.2, 0.25) is 0 Å². The van der Waals surface area contributed by atoms with Gasteiger partial charge in [-0.1, -0.05) is 0 Å². The quantitative estimate of drug-likeness (QED) is 0.158. The van der Waals surface area contributed by atoms with Gasteiger partial charge in [-0.2, -0.15) is 0 Å². The van der Waals surface area contributed by atoms with Crippen LogP contribution in [-0.2, 0) is 28.8 Å². The maximum Gasteiger partial charge on any atom is 0.199 e. The van der Waals surface area contributed by atoms with Crippen molar-refractivity contribution in [2.75, 3.05) is 6.61 Å². The van der Waals surface area contributed by atoms with Crippen molar-refractivity contribution in [3.63, 3.8) is 0 Å². The molecule has 2 aromatic heterocycles. The first-order valence-corrected chi connectivity index (χ1v) is 14.9. The van der Waals surface area contributed by atoms with Gasteiger partial charge in [-0.15, -0.1) is 0 Å². The Kier molecular flexibility index (Phi) is 8.75. The normalized spacial score (nSPS) is 14.6. The molecule has 0 amide bonds. The van der Waals surface area contributed by atoms with Crippen LogP contribution in [-0.4, -0.2) is 22.9 Å². The molecular formula is C34H31N2O4S+. The number of pyridine rings is 2. The third-order valence-corrected chi connectivity index (χ3v) is 8.87. The van der Waals surface area contributed by atoms with Gasteiger partial charge in [-0.25, -0.2) is 0 Å². The Bertz CT molecular complexity index is 1410. The van der Waals surface area contributed by atoms with Crippen LogP contribution >= 0.6 is 0 Å². The zero-order chi connectivity index (χ0) is 27.7. The van der Waals surface area contributed by atoms with E-state index in [0.29, 0.717) is 13.2 Å². The summed E-state index contributed by atoms with van der Waals surface area (Å²) in [4.78, 5) is 11.7. The molecule has 1 fully saturated rings. The van der Waals surface area contributed by atoms with Crippen LogP contribution in [0.15, 0.2) is 137 Å². The summed E-state index contributed by atoms with van der Waals surface area (Å²) in [5, 5.41) is 0. The molecule has 1 aliphatic rings. The van der Waals surface area contributed by atoms with E-state index in [1.807, 2.05) is 60.7 Å². The van der Waals surface area contributed by atoms with Gasteiger partial charge >= 0.3 is 0 Å². The van der Waals surface area contributed by atoms with Crippen LogP contribution in [0.2, 0.25) is 0 Å². The summed E-state index contributed by atoms with van der Waals surface area (Å²) in [5.74, 6) is 2.48. The minimum atomic E-state index is -0.338. The molecule has 6 nitrogen and oxygen atoms in total. The predicted octanol–water partition coefficient (Wildman–Crippen LogP) is 7.25. The van der Waals surface area contributed by atoms with Crippen LogP contribution in [0.1, 0.15) is 24.0 Å². The number of hydrogen-bond acceptors (Lipinski definition) is 6. The summed E-state index contributed by atoms with van der Waals surface area (Å²) < 4.78 is 23.7. The second-order valence-electron chi connectivity index (χ2n) is 9.57. The Labute approximate surface area is 243 Å². The summed E-state index contributed by atoms with van der Waals surface area (Å²) in [6.45, 7) is 1.76. The lowest BCUT2D eigenvalue weighted by atomic mass is 10.3. The smallest absolute Gasteiger partial charge is 0.199 e. The fraction of sp³-hybridized carbons (Fsp3) is 0.176. The number of ether oxygens (including phenoxy) is 4. The summed E-state index contributed by atoms with van der Waals surface area (Å²) in [6, 6.07) is 33.0. The Morgan fingerprint density at radius 2 is 1.02 bits per heavy atom. The molecule has 41 heavy (non-hydrogen) atoms. The van der Waals surface area contributed by atoms with E-state index in [-0.39, 0.29) is 17.2 Å². The standard InChI is InChI=1S/C34H31N2O4S/c1-2-34(37-23-1)40-30-7-13-33(14-8-30)41(31-9-3-28(4-10-31)38-24-26-15-19-35-20-16-26)32-11-5-29(6-12-32)39-25-27-17-21-36-22-18-27/h3-22,34H,1-2,23-25H2/q+1. The minimum Gasteiger partial charge on any atom is -0.489 e. The largest absolute Gasteiger partial charge is 0.489 e. The van der Waals surface area contributed by atoms with Crippen molar-refractivity contribution < 1.29 is 18.9 Å². The predicted molar refractivity (Wildman–Crippen MR) is 158 cm³/mol. The second-order valence-corrected chi connectivity index (χ2v) is 11.6. The van der Waals surface area contributed by atoms with Crippen LogP contribution < -0.4 is 14.2 Å². The number of hydrogen-bond donors (Lipinski definition) is 0. The molecule has 1 saturated heterocycles. The fourth-order valence-corrected chi connectivity index (χ4v) is 6.53. The van der Waals surface area contributed by atoms with Crippen LogP contribution in [0.4, 0.5) is 0 Å². The zero-order valence-corrected chi connectivity index (χ0v) is 23.4. The topological polar surface area (TPSA) is 62.7 Å². The highest BCUT2D eigenvalue weighted by Gasteiger charge is 2.29. The van der Waals surface area contributed by atoms with Crippen molar-refractivity contribution in [3.8, 4) is 17.2 Å². The highest BCUT2D eigenvalue weighted by Crippen LogP contribution is 2.34. The molecule has 0 N–H and O–H groups in total. The Balaban J connectivity index is 1.21. The monoisotopic (exact) mass is 563 g/mol. The lowest BCUT2D eigenvalue weighted by Gasteiger charge is -2.14. The van der Waals surface area contributed by atoms with Gasteiger partial charge in [0.1, 0.15) is 30.5 Å². The third-order valence-electron chi connectivity index (χ3n) is 6.64. The van der Waals surface area contributed by atoms with Crippen LogP contribution in [0.3, 0.4) is 0 Å². The molecule has 0 bridgehead atoms. The fourth-order valence-electron chi connectivity index (χ4n) is 4.49. The molecule has 1 aliphatic heterocycles. The lowest BCUT2D eigenvalue weighted by molar-refractivity contribution is -0.0390. The number of benzene rings is 3. The molecule has 0 radical (unpaired) electrons. The number of nitrogens with zero attached hydrogens (tertiary/aromatic N) is 2. The van der Waals surface area contributed by atoms with E-state index in [9.17, 15) is 0 Å². The van der Waals surface area contributed by atoms with Crippen LogP contribution in [0, 0.1) is 0 Å². The molecule has 1 unspecified atom stereocenters. The van der Waals surface area contributed by atoms with Gasteiger partial charge in [0, 0.05) is 31.2 Å². The molecular weight excluding hydrogens is 532 g/mol. The van der Waals surface area contributed by atoms with Crippen molar-refractivity contribution in [2.45, 2.75) is 47.0 Å². The maximum atomic E-state index is 6.02.